The van der Waals surface area contributed by atoms with E-state index in [2.05, 4.69) is 20.8 Å². The van der Waals surface area contributed by atoms with E-state index in [9.17, 15) is 19.7 Å². The molecule has 2 heterocycles. The summed E-state index contributed by atoms with van der Waals surface area (Å²) in [5.74, 6) is -0.795. The molecule has 0 bridgehead atoms. The molecule has 2 amide bonds. The van der Waals surface area contributed by atoms with Crippen LogP contribution in [-0.4, -0.2) is 26.9 Å². The van der Waals surface area contributed by atoms with E-state index >= 15 is 0 Å². The SMILES string of the molecule is Cc1ccc2c(Cl)c(C(=O)Nc3cccc(C(=O)Nc4nnc(-c5ccc([N+](=O)[O-])cc5)s4)c3)sc2c1. The van der Waals surface area contributed by atoms with Gasteiger partial charge in [-0.05, 0) is 48.9 Å². The summed E-state index contributed by atoms with van der Waals surface area (Å²) in [6.45, 7) is 1.97. The molecular weight excluding hydrogens is 534 g/mol. The molecule has 0 unspecified atom stereocenters. The van der Waals surface area contributed by atoms with Crippen molar-refractivity contribution >= 4 is 72.7 Å². The molecule has 2 aromatic heterocycles. The summed E-state index contributed by atoms with van der Waals surface area (Å²) in [5, 5.41) is 26.3. The van der Waals surface area contributed by atoms with Crippen LogP contribution in [0.15, 0.2) is 66.7 Å². The van der Waals surface area contributed by atoms with Crippen molar-refractivity contribution in [3.05, 3.63) is 97.9 Å². The average molecular weight is 550 g/mol. The first-order valence-corrected chi connectivity index (χ1v) is 12.8. The van der Waals surface area contributed by atoms with Crippen LogP contribution in [0.5, 0.6) is 0 Å². The smallest absolute Gasteiger partial charge is 0.269 e. The van der Waals surface area contributed by atoms with Crippen LogP contribution in [0.3, 0.4) is 0 Å². The molecule has 9 nitrogen and oxygen atoms in total. The Balaban J connectivity index is 1.28. The molecule has 0 aliphatic carbocycles. The first kappa shape index (κ1) is 24.5. The molecule has 5 rings (SSSR count). The number of nitro benzene ring substituents is 1. The second-order valence-corrected chi connectivity index (χ2v) is 10.4. The molecule has 0 radical (unpaired) electrons. The van der Waals surface area contributed by atoms with E-state index in [0.29, 0.717) is 31.7 Å². The van der Waals surface area contributed by atoms with Crippen molar-refractivity contribution in [3.63, 3.8) is 0 Å². The second kappa shape index (κ2) is 10.1. The van der Waals surface area contributed by atoms with Crippen molar-refractivity contribution in [1.82, 2.24) is 10.2 Å². The van der Waals surface area contributed by atoms with Crippen molar-refractivity contribution in [1.29, 1.82) is 0 Å². The normalized spacial score (nSPS) is 10.9. The van der Waals surface area contributed by atoms with Crippen LogP contribution in [0.2, 0.25) is 5.02 Å². The zero-order valence-electron chi connectivity index (χ0n) is 19.0. The molecule has 0 saturated heterocycles. The number of nitrogens with zero attached hydrogens (tertiary/aromatic N) is 3. The van der Waals surface area contributed by atoms with Crippen molar-refractivity contribution in [3.8, 4) is 10.6 Å². The number of benzene rings is 3. The predicted molar refractivity (Wildman–Crippen MR) is 146 cm³/mol. The van der Waals surface area contributed by atoms with Crippen LogP contribution in [0.1, 0.15) is 25.6 Å². The number of carbonyl (C=O) groups is 2. The Morgan fingerprint density at radius 2 is 1.73 bits per heavy atom. The summed E-state index contributed by atoms with van der Waals surface area (Å²) in [6, 6.07) is 18.2. The average Bonchev–Trinajstić information content (AvgIpc) is 3.48. The number of amides is 2. The minimum Gasteiger partial charge on any atom is -0.321 e. The molecule has 0 spiro atoms. The van der Waals surface area contributed by atoms with Gasteiger partial charge < -0.3 is 5.32 Å². The number of hydrogen-bond donors (Lipinski definition) is 2. The molecule has 0 saturated carbocycles. The van der Waals surface area contributed by atoms with E-state index in [0.717, 1.165) is 27.0 Å². The first-order chi connectivity index (χ1) is 17.8. The van der Waals surface area contributed by atoms with E-state index in [1.165, 1.54) is 23.5 Å². The molecule has 12 heteroatoms. The number of non-ortho nitro benzene ring substituents is 1. The van der Waals surface area contributed by atoms with Crippen molar-refractivity contribution in [2.24, 2.45) is 0 Å². The highest BCUT2D eigenvalue weighted by Gasteiger charge is 2.18. The Hall–Kier alpha value is -4.19. The Bertz CT molecular complexity index is 1680. The molecule has 0 aliphatic rings. The van der Waals surface area contributed by atoms with Crippen LogP contribution >= 0.6 is 34.3 Å². The standard InChI is InChI=1S/C25H16ClN5O4S2/c1-13-5-10-18-19(11-13)36-21(20(18)26)23(33)27-16-4-2-3-15(12-16)22(32)28-25-30-29-24(37-25)14-6-8-17(9-7-14)31(34)35/h2-12H,1H3,(H,27,33)(H,28,30,32). The Morgan fingerprint density at radius 1 is 0.946 bits per heavy atom. The maximum atomic E-state index is 12.9. The zero-order chi connectivity index (χ0) is 26.1. The maximum absolute atomic E-state index is 12.9. The van der Waals surface area contributed by atoms with Gasteiger partial charge in [0.25, 0.3) is 17.5 Å². The number of aryl methyl sites for hydroxylation is 1. The molecule has 2 N–H and O–H groups in total. The lowest BCUT2D eigenvalue weighted by Gasteiger charge is -2.07. The van der Waals surface area contributed by atoms with Gasteiger partial charge in [0.2, 0.25) is 5.13 Å². The molecule has 0 atom stereocenters. The number of rotatable bonds is 6. The monoisotopic (exact) mass is 549 g/mol. The Labute approximate surface area is 222 Å². The lowest BCUT2D eigenvalue weighted by Crippen LogP contribution is -2.14. The van der Waals surface area contributed by atoms with Gasteiger partial charge in [0.1, 0.15) is 9.88 Å². The van der Waals surface area contributed by atoms with Gasteiger partial charge in [-0.15, -0.1) is 21.5 Å². The number of nitrogens with one attached hydrogen (secondary N) is 2. The minimum atomic E-state index is -0.482. The number of anilines is 2. The largest absolute Gasteiger partial charge is 0.321 e. The first-order valence-electron chi connectivity index (χ1n) is 10.8. The van der Waals surface area contributed by atoms with Gasteiger partial charge in [0.05, 0.1) is 9.95 Å². The van der Waals surface area contributed by atoms with Crippen LogP contribution in [0.25, 0.3) is 20.7 Å². The molecule has 0 fully saturated rings. The topological polar surface area (TPSA) is 127 Å². The second-order valence-electron chi connectivity index (χ2n) is 7.95. The summed E-state index contributed by atoms with van der Waals surface area (Å²) in [7, 11) is 0. The molecular formula is C25H16ClN5O4S2. The third-order valence-electron chi connectivity index (χ3n) is 5.34. The predicted octanol–water partition coefficient (Wildman–Crippen LogP) is 6.79. The summed E-state index contributed by atoms with van der Waals surface area (Å²) in [6.07, 6.45) is 0. The number of nitro groups is 1. The quantitative estimate of drug-likeness (QED) is 0.177. The van der Waals surface area contributed by atoms with Crippen LogP contribution in [-0.2, 0) is 0 Å². The van der Waals surface area contributed by atoms with E-state index in [1.54, 1.807) is 36.4 Å². The van der Waals surface area contributed by atoms with Crippen LogP contribution in [0, 0.1) is 17.0 Å². The van der Waals surface area contributed by atoms with Gasteiger partial charge in [-0.2, -0.15) is 0 Å². The summed E-state index contributed by atoms with van der Waals surface area (Å²) in [5.41, 5.74) is 2.43. The van der Waals surface area contributed by atoms with E-state index in [-0.39, 0.29) is 16.7 Å². The van der Waals surface area contributed by atoms with Crippen molar-refractivity contribution < 1.29 is 14.5 Å². The van der Waals surface area contributed by atoms with Gasteiger partial charge >= 0.3 is 0 Å². The van der Waals surface area contributed by atoms with Gasteiger partial charge in [-0.25, -0.2) is 0 Å². The number of carbonyl (C=O) groups excluding carboxylic acids is 2. The molecule has 3 aromatic carbocycles. The van der Waals surface area contributed by atoms with Gasteiger partial charge in [0.15, 0.2) is 0 Å². The molecule has 0 aliphatic heterocycles. The lowest BCUT2D eigenvalue weighted by atomic mass is 10.2. The van der Waals surface area contributed by atoms with Crippen LogP contribution in [0.4, 0.5) is 16.5 Å². The number of halogens is 1. The number of hydrogen-bond acceptors (Lipinski definition) is 8. The summed E-state index contributed by atoms with van der Waals surface area (Å²) >= 11 is 8.90. The third-order valence-corrected chi connectivity index (χ3v) is 7.89. The summed E-state index contributed by atoms with van der Waals surface area (Å²) in [4.78, 5) is 36.5. The molecule has 184 valence electrons. The fourth-order valence-electron chi connectivity index (χ4n) is 3.53. The fourth-order valence-corrected chi connectivity index (χ4v) is 5.78. The highest BCUT2D eigenvalue weighted by Crippen LogP contribution is 2.36. The highest BCUT2D eigenvalue weighted by atomic mass is 35.5. The van der Waals surface area contributed by atoms with Gasteiger partial charge in [0, 0.05) is 39.0 Å². The Kier molecular flexibility index (Phi) is 6.66. The number of thiophene rings is 1. The highest BCUT2D eigenvalue weighted by molar-refractivity contribution is 7.21. The van der Waals surface area contributed by atoms with Crippen LogP contribution < -0.4 is 10.6 Å². The maximum Gasteiger partial charge on any atom is 0.269 e. The third kappa shape index (κ3) is 5.19. The minimum absolute atomic E-state index is 0.0292. The number of aromatic nitrogens is 2. The van der Waals surface area contributed by atoms with Crippen molar-refractivity contribution in [2.75, 3.05) is 10.6 Å². The van der Waals surface area contributed by atoms with E-state index in [4.69, 9.17) is 11.6 Å². The fraction of sp³-hybridized carbons (Fsp3) is 0.0400. The van der Waals surface area contributed by atoms with Gasteiger partial charge in [-0.3, -0.25) is 25.0 Å². The summed E-state index contributed by atoms with van der Waals surface area (Å²) < 4.78 is 0.924. The van der Waals surface area contributed by atoms with Gasteiger partial charge in [-0.1, -0.05) is 41.1 Å². The van der Waals surface area contributed by atoms with Crippen molar-refractivity contribution in [2.45, 2.75) is 6.92 Å². The number of fused-ring (bicyclic) bond motifs is 1. The zero-order valence-corrected chi connectivity index (χ0v) is 21.4. The Morgan fingerprint density at radius 3 is 2.49 bits per heavy atom. The lowest BCUT2D eigenvalue weighted by molar-refractivity contribution is -0.384. The molecule has 5 aromatic rings. The van der Waals surface area contributed by atoms with E-state index < -0.39 is 10.8 Å². The molecule has 37 heavy (non-hydrogen) atoms. The van der Waals surface area contributed by atoms with E-state index in [1.807, 2.05) is 25.1 Å².